The van der Waals surface area contributed by atoms with Crippen LogP contribution in [0.2, 0.25) is 5.02 Å². The van der Waals surface area contributed by atoms with Gasteiger partial charge < -0.3 is 15.4 Å². The minimum Gasteiger partial charge on any atom is -0.495 e. The zero-order valence-corrected chi connectivity index (χ0v) is 15.3. The second kappa shape index (κ2) is 8.51. The number of halogens is 2. The summed E-state index contributed by atoms with van der Waals surface area (Å²) in [6, 6.07) is 14.9. The summed E-state index contributed by atoms with van der Waals surface area (Å²) in [5.74, 6) is 0.458. The molecule has 0 radical (unpaired) electrons. The summed E-state index contributed by atoms with van der Waals surface area (Å²) >= 11 is 6.10. The van der Waals surface area contributed by atoms with E-state index in [0.29, 0.717) is 27.8 Å². The van der Waals surface area contributed by atoms with E-state index in [4.69, 9.17) is 16.3 Å². The molecular weight excluding hydrogens is 369 g/mol. The Morgan fingerprint density at radius 1 is 1.15 bits per heavy atom. The molecule has 0 saturated heterocycles. The Kier molecular flexibility index (Phi) is 5.88. The third kappa shape index (κ3) is 4.95. The lowest BCUT2D eigenvalue weighted by Gasteiger charge is -2.10. The van der Waals surface area contributed by atoms with E-state index in [1.165, 1.54) is 12.3 Å². The first-order valence-electron chi connectivity index (χ1n) is 8.15. The maximum absolute atomic E-state index is 13.6. The number of nitrogens with one attached hydrogen (secondary N) is 2. The summed E-state index contributed by atoms with van der Waals surface area (Å²) in [7, 11) is 1.55. The predicted octanol–water partition coefficient (Wildman–Crippen LogP) is 4.81. The normalized spacial score (nSPS) is 10.3. The van der Waals surface area contributed by atoms with Gasteiger partial charge in [0.1, 0.15) is 17.4 Å². The van der Waals surface area contributed by atoms with Crippen LogP contribution in [0.15, 0.2) is 60.8 Å². The summed E-state index contributed by atoms with van der Waals surface area (Å²) in [5, 5.41) is 6.30. The highest BCUT2D eigenvalue weighted by Crippen LogP contribution is 2.28. The largest absolute Gasteiger partial charge is 0.495 e. The van der Waals surface area contributed by atoms with Gasteiger partial charge in [0.05, 0.1) is 30.4 Å². The molecule has 0 saturated carbocycles. The van der Waals surface area contributed by atoms with E-state index in [0.717, 1.165) is 5.69 Å². The molecule has 27 heavy (non-hydrogen) atoms. The van der Waals surface area contributed by atoms with E-state index in [2.05, 4.69) is 15.6 Å². The van der Waals surface area contributed by atoms with Gasteiger partial charge in [-0.1, -0.05) is 29.8 Å². The molecule has 0 fully saturated rings. The van der Waals surface area contributed by atoms with Crippen molar-refractivity contribution in [1.29, 1.82) is 0 Å². The number of pyridine rings is 1. The molecule has 2 N–H and O–H groups in total. The molecular formula is C20H17ClFN3O2. The van der Waals surface area contributed by atoms with Crippen molar-refractivity contribution in [3.05, 3.63) is 77.2 Å². The maximum atomic E-state index is 13.6. The van der Waals surface area contributed by atoms with Crippen LogP contribution in [0.3, 0.4) is 0 Å². The summed E-state index contributed by atoms with van der Waals surface area (Å²) in [6.45, 7) is 0. The lowest BCUT2D eigenvalue weighted by atomic mass is 10.1. The molecule has 1 heterocycles. The third-order valence-corrected chi connectivity index (χ3v) is 4.08. The van der Waals surface area contributed by atoms with Crippen LogP contribution < -0.4 is 15.4 Å². The highest BCUT2D eigenvalue weighted by atomic mass is 35.5. The number of nitrogens with zero attached hydrogens (tertiary/aromatic N) is 1. The van der Waals surface area contributed by atoms with Gasteiger partial charge in [-0.15, -0.1) is 0 Å². The van der Waals surface area contributed by atoms with Crippen LogP contribution in [0.4, 0.5) is 21.6 Å². The SMILES string of the molecule is COc1ccc(Nc2ccc(NC(=O)Cc3ccccc3F)cn2)cc1Cl. The highest BCUT2D eigenvalue weighted by Gasteiger charge is 2.08. The summed E-state index contributed by atoms with van der Waals surface area (Å²) < 4.78 is 18.7. The van der Waals surface area contributed by atoms with Crippen molar-refractivity contribution in [2.75, 3.05) is 17.7 Å². The van der Waals surface area contributed by atoms with E-state index in [1.807, 2.05) is 6.07 Å². The van der Waals surface area contributed by atoms with Gasteiger partial charge in [0.15, 0.2) is 0 Å². The number of hydrogen-bond acceptors (Lipinski definition) is 4. The topological polar surface area (TPSA) is 63.2 Å². The zero-order valence-electron chi connectivity index (χ0n) is 14.5. The van der Waals surface area contributed by atoms with Gasteiger partial charge in [0.2, 0.25) is 5.91 Å². The fourth-order valence-electron chi connectivity index (χ4n) is 2.45. The van der Waals surface area contributed by atoms with E-state index in [9.17, 15) is 9.18 Å². The number of carbonyl (C=O) groups excluding carboxylic acids is 1. The molecule has 3 aromatic rings. The molecule has 0 bridgehead atoms. The average molecular weight is 386 g/mol. The van der Waals surface area contributed by atoms with Gasteiger partial charge in [-0.05, 0) is 42.0 Å². The molecule has 0 atom stereocenters. The van der Waals surface area contributed by atoms with Crippen LogP contribution in [0.5, 0.6) is 5.75 Å². The Balaban J connectivity index is 1.61. The van der Waals surface area contributed by atoms with Gasteiger partial charge in [0, 0.05) is 5.69 Å². The number of anilines is 3. The second-order valence-electron chi connectivity index (χ2n) is 5.72. The number of aromatic nitrogens is 1. The minimum atomic E-state index is -0.400. The van der Waals surface area contributed by atoms with Gasteiger partial charge in [-0.3, -0.25) is 4.79 Å². The molecule has 0 aliphatic rings. The van der Waals surface area contributed by atoms with Gasteiger partial charge in [-0.2, -0.15) is 0 Å². The van der Waals surface area contributed by atoms with Crippen LogP contribution in [0.1, 0.15) is 5.56 Å². The Morgan fingerprint density at radius 2 is 1.93 bits per heavy atom. The van der Waals surface area contributed by atoms with Crippen molar-refractivity contribution in [3.8, 4) is 5.75 Å². The molecule has 0 unspecified atom stereocenters. The van der Waals surface area contributed by atoms with Gasteiger partial charge in [-0.25, -0.2) is 9.37 Å². The lowest BCUT2D eigenvalue weighted by molar-refractivity contribution is -0.115. The molecule has 7 heteroatoms. The van der Waals surface area contributed by atoms with Crippen molar-refractivity contribution in [2.45, 2.75) is 6.42 Å². The molecule has 3 rings (SSSR count). The Hall–Kier alpha value is -3.12. The van der Waals surface area contributed by atoms with Crippen molar-refractivity contribution in [3.63, 3.8) is 0 Å². The van der Waals surface area contributed by atoms with E-state index >= 15 is 0 Å². The van der Waals surface area contributed by atoms with Crippen LogP contribution in [0.25, 0.3) is 0 Å². The number of benzene rings is 2. The fraction of sp³-hybridized carbons (Fsp3) is 0.100. The van der Waals surface area contributed by atoms with Crippen LogP contribution in [-0.4, -0.2) is 18.0 Å². The first-order chi connectivity index (χ1) is 13.0. The van der Waals surface area contributed by atoms with Crippen LogP contribution in [-0.2, 0) is 11.2 Å². The molecule has 1 amide bonds. The van der Waals surface area contributed by atoms with Crippen LogP contribution >= 0.6 is 11.6 Å². The smallest absolute Gasteiger partial charge is 0.228 e. The number of rotatable bonds is 6. The molecule has 0 spiro atoms. The summed E-state index contributed by atoms with van der Waals surface area (Å²) in [6.07, 6.45) is 1.48. The summed E-state index contributed by atoms with van der Waals surface area (Å²) in [5.41, 5.74) is 1.62. The standard InChI is InChI=1S/C20H17ClFN3O2/c1-27-18-8-6-14(11-16(18)21)24-19-9-7-15(12-23-19)25-20(26)10-13-4-2-3-5-17(13)22/h2-9,11-12H,10H2,1H3,(H,23,24)(H,25,26). The van der Waals surface area contributed by atoms with Gasteiger partial charge >= 0.3 is 0 Å². The van der Waals surface area contributed by atoms with Crippen molar-refractivity contribution >= 4 is 34.7 Å². The fourth-order valence-corrected chi connectivity index (χ4v) is 2.71. The van der Waals surface area contributed by atoms with Crippen molar-refractivity contribution in [2.24, 2.45) is 0 Å². The molecule has 5 nitrogen and oxygen atoms in total. The molecule has 1 aromatic heterocycles. The van der Waals surface area contributed by atoms with E-state index in [-0.39, 0.29) is 12.3 Å². The quantitative estimate of drug-likeness (QED) is 0.639. The number of hydrogen-bond donors (Lipinski definition) is 2. The first-order valence-corrected chi connectivity index (χ1v) is 8.53. The average Bonchev–Trinajstić information content (AvgIpc) is 2.65. The zero-order chi connectivity index (χ0) is 19.2. The number of amides is 1. The highest BCUT2D eigenvalue weighted by molar-refractivity contribution is 6.32. The second-order valence-corrected chi connectivity index (χ2v) is 6.13. The molecule has 0 aliphatic heterocycles. The van der Waals surface area contributed by atoms with Gasteiger partial charge in [0.25, 0.3) is 0 Å². The van der Waals surface area contributed by atoms with Crippen LogP contribution in [0, 0.1) is 5.82 Å². The van der Waals surface area contributed by atoms with E-state index in [1.54, 1.807) is 49.6 Å². The third-order valence-electron chi connectivity index (χ3n) is 3.78. The predicted molar refractivity (Wildman–Crippen MR) is 104 cm³/mol. The van der Waals surface area contributed by atoms with Crippen molar-refractivity contribution in [1.82, 2.24) is 4.98 Å². The Bertz CT molecular complexity index is 948. The van der Waals surface area contributed by atoms with Crippen molar-refractivity contribution < 1.29 is 13.9 Å². The summed E-state index contributed by atoms with van der Waals surface area (Å²) in [4.78, 5) is 16.3. The minimum absolute atomic E-state index is 0.0446. The Morgan fingerprint density at radius 3 is 2.59 bits per heavy atom. The van der Waals surface area contributed by atoms with E-state index < -0.39 is 5.82 Å². The Labute approximate surface area is 161 Å². The number of carbonyl (C=O) groups is 1. The monoisotopic (exact) mass is 385 g/mol. The lowest BCUT2D eigenvalue weighted by Crippen LogP contribution is -2.15. The molecule has 2 aromatic carbocycles. The number of methoxy groups -OCH3 is 1. The maximum Gasteiger partial charge on any atom is 0.228 e. The molecule has 138 valence electrons. The number of ether oxygens (including phenoxy) is 1. The molecule has 0 aliphatic carbocycles. The first kappa shape index (κ1) is 18.7.